The lowest BCUT2D eigenvalue weighted by atomic mass is 10.1. The Hall–Kier alpha value is -1.61. The van der Waals surface area contributed by atoms with Crippen LogP contribution in [-0.2, 0) is 13.0 Å². The van der Waals surface area contributed by atoms with Crippen LogP contribution in [0, 0.1) is 0 Å². The Morgan fingerprint density at radius 3 is 2.84 bits per heavy atom. The number of rotatable bonds is 8. The van der Waals surface area contributed by atoms with Crippen molar-refractivity contribution >= 4 is 0 Å². The van der Waals surface area contributed by atoms with Gasteiger partial charge in [0.05, 0.1) is 6.33 Å². The highest BCUT2D eigenvalue weighted by molar-refractivity contribution is 5.14. The Labute approximate surface area is 115 Å². The van der Waals surface area contributed by atoms with Crippen LogP contribution in [0.15, 0.2) is 49.1 Å². The van der Waals surface area contributed by atoms with E-state index in [2.05, 4.69) is 52.1 Å². The topological polar surface area (TPSA) is 29.9 Å². The number of imidazole rings is 1. The van der Waals surface area contributed by atoms with Gasteiger partial charge < -0.3 is 9.88 Å². The molecule has 0 spiro atoms. The molecule has 0 aliphatic carbocycles. The third-order valence-corrected chi connectivity index (χ3v) is 3.35. The molecule has 19 heavy (non-hydrogen) atoms. The Bertz CT molecular complexity index is 436. The number of hydrogen-bond acceptors (Lipinski definition) is 2. The maximum Gasteiger partial charge on any atom is 0.0945 e. The minimum Gasteiger partial charge on any atom is -0.337 e. The number of nitrogens with one attached hydrogen (secondary N) is 1. The maximum atomic E-state index is 4.04. The summed E-state index contributed by atoms with van der Waals surface area (Å²) in [6.07, 6.45) is 9.20. The van der Waals surface area contributed by atoms with Crippen molar-refractivity contribution < 1.29 is 0 Å². The zero-order valence-corrected chi connectivity index (χ0v) is 11.6. The zero-order valence-electron chi connectivity index (χ0n) is 11.6. The molecular formula is C16H23N3. The summed E-state index contributed by atoms with van der Waals surface area (Å²) in [6.45, 7) is 4.37. The molecule has 0 bridgehead atoms. The van der Waals surface area contributed by atoms with Gasteiger partial charge in [0.15, 0.2) is 0 Å². The first-order valence-electron chi connectivity index (χ1n) is 7.07. The molecule has 0 fully saturated rings. The van der Waals surface area contributed by atoms with Crippen molar-refractivity contribution in [1.82, 2.24) is 14.9 Å². The van der Waals surface area contributed by atoms with Gasteiger partial charge in [-0.25, -0.2) is 4.98 Å². The van der Waals surface area contributed by atoms with E-state index in [9.17, 15) is 0 Å². The van der Waals surface area contributed by atoms with E-state index in [0.29, 0.717) is 6.04 Å². The van der Waals surface area contributed by atoms with E-state index >= 15 is 0 Å². The van der Waals surface area contributed by atoms with Gasteiger partial charge in [0.25, 0.3) is 0 Å². The quantitative estimate of drug-likeness (QED) is 0.737. The minimum atomic E-state index is 0.572. The SMILES string of the molecule is CC(CCc1ccccc1)NCCCn1ccnc1. The number of aryl methyl sites for hydroxylation is 2. The van der Waals surface area contributed by atoms with Gasteiger partial charge >= 0.3 is 0 Å². The number of aromatic nitrogens is 2. The summed E-state index contributed by atoms with van der Waals surface area (Å²) in [5, 5.41) is 3.58. The van der Waals surface area contributed by atoms with Gasteiger partial charge in [0.2, 0.25) is 0 Å². The van der Waals surface area contributed by atoms with E-state index in [0.717, 1.165) is 25.9 Å². The second-order valence-corrected chi connectivity index (χ2v) is 5.03. The van der Waals surface area contributed by atoms with Gasteiger partial charge in [-0.3, -0.25) is 0 Å². The largest absolute Gasteiger partial charge is 0.337 e. The maximum absolute atomic E-state index is 4.04. The van der Waals surface area contributed by atoms with E-state index in [1.807, 2.05) is 18.7 Å². The Kier molecular flexibility index (Phi) is 5.63. The highest BCUT2D eigenvalue weighted by Gasteiger charge is 2.01. The van der Waals surface area contributed by atoms with Crippen LogP contribution in [0.2, 0.25) is 0 Å². The normalized spacial score (nSPS) is 12.5. The molecule has 102 valence electrons. The lowest BCUT2D eigenvalue weighted by Gasteiger charge is -2.13. The fourth-order valence-corrected chi connectivity index (χ4v) is 2.16. The summed E-state index contributed by atoms with van der Waals surface area (Å²) in [5.74, 6) is 0. The lowest BCUT2D eigenvalue weighted by molar-refractivity contribution is 0.489. The van der Waals surface area contributed by atoms with Crippen LogP contribution in [-0.4, -0.2) is 22.1 Å². The molecule has 1 heterocycles. The molecule has 2 rings (SSSR count). The number of hydrogen-bond donors (Lipinski definition) is 1. The third-order valence-electron chi connectivity index (χ3n) is 3.35. The van der Waals surface area contributed by atoms with E-state index in [1.54, 1.807) is 0 Å². The van der Waals surface area contributed by atoms with E-state index < -0.39 is 0 Å². The monoisotopic (exact) mass is 257 g/mol. The first kappa shape index (κ1) is 13.8. The van der Waals surface area contributed by atoms with Crippen molar-refractivity contribution in [3.63, 3.8) is 0 Å². The average molecular weight is 257 g/mol. The smallest absolute Gasteiger partial charge is 0.0945 e. The zero-order chi connectivity index (χ0) is 13.3. The molecule has 0 radical (unpaired) electrons. The molecule has 3 heteroatoms. The second-order valence-electron chi connectivity index (χ2n) is 5.03. The minimum absolute atomic E-state index is 0.572. The number of nitrogens with zero attached hydrogens (tertiary/aromatic N) is 2. The molecule has 1 N–H and O–H groups in total. The summed E-state index contributed by atoms with van der Waals surface area (Å²) in [6, 6.07) is 11.3. The predicted octanol–water partition coefficient (Wildman–Crippen LogP) is 2.88. The van der Waals surface area contributed by atoms with Crippen LogP contribution in [0.4, 0.5) is 0 Å². The molecule has 1 unspecified atom stereocenters. The van der Waals surface area contributed by atoms with Crippen LogP contribution in [0.5, 0.6) is 0 Å². The van der Waals surface area contributed by atoms with Crippen LogP contribution < -0.4 is 5.32 Å². The fourth-order valence-electron chi connectivity index (χ4n) is 2.16. The fraction of sp³-hybridized carbons (Fsp3) is 0.438. The summed E-state index contributed by atoms with van der Waals surface area (Å²) < 4.78 is 2.12. The van der Waals surface area contributed by atoms with Crippen LogP contribution in [0.1, 0.15) is 25.3 Å². The Morgan fingerprint density at radius 2 is 2.11 bits per heavy atom. The summed E-state index contributed by atoms with van der Waals surface area (Å²) in [5.41, 5.74) is 1.43. The standard InChI is InChI=1S/C16H23N3/c1-15(8-9-16-6-3-2-4-7-16)18-10-5-12-19-13-11-17-14-19/h2-4,6-7,11,13-15,18H,5,8-10,12H2,1H3. The van der Waals surface area contributed by atoms with E-state index in [1.165, 1.54) is 12.0 Å². The molecule has 2 aromatic rings. The van der Waals surface area contributed by atoms with Gasteiger partial charge in [-0.1, -0.05) is 30.3 Å². The molecule has 0 amide bonds. The second kappa shape index (κ2) is 7.74. The van der Waals surface area contributed by atoms with Crippen molar-refractivity contribution in [2.45, 2.75) is 38.8 Å². The van der Waals surface area contributed by atoms with Gasteiger partial charge in [0, 0.05) is 25.0 Å². The van der Waals surface area contributed by atoms with E-state index in [-0.39, 0.29) is 0 Å². The van der Waals surface area contributed by atoms with Gasteiger partial charge in [0.1, 0.15) is 0 Å². The lowest BCUT2D eigenvalue weighted by Crippen LogP contribution is -2.28. The van der Waals surface area contributed by atoms with Crippen molar-refractivity contribution in [2.24, 2.45) is 0 Å². The first-order valence-corrected chi connectivity index (χ1v) is 7.07. The van der Waals surface area contributed by atoms with Gasteiger partial charge in [-0.2, -0.15) is 0 Å². The molecule has 1 aromatic heterocycles. The molecule has 0 aliphatic rings. The summed E-state index contributed by atoms with van der Waals surface area (Å²) in [7, 11) is 0. The molecule has 0 saturated heterocycles. The molecule has 1 aromatic carbocycles. The molecule has 0 saturated carbocycles. The van der Waals surface area contributed by atoms with Gasteiger partial charge in [-0.05, 0) is 38.3 Å². The number of benzene rings is 1. The van der Waals surface area contributed by atoms with Crippen molar-refractivity contribution in [3.05, 3.63) is 54.6 Å². The van der Waals surface area contributed by atoms with Crippen LogP contribution in [0.3, 0.4) is 0 Å². The molecule has 0 aliphatic heterocycles. The summed E-state index contributed by atoms with van der Waals surface area (Å²) in [4.78, 5) is 4.04. The van der Waals surface area contributed by atoms with Gasteiger partial charge in [-0.15, -0.1) is 0 Å². The van der Waals surface area contributed by atoms with Crippen LogP contribution in [0.25, 0.3) is 0 Å². The van der Waals surface area contributed by atoms with Crippen molar-refractivity contribution in [3.8, 4) is 0 Å². The summed E-state index contributed by atoms with van der Waals surface area (Å²) >= 11 is 0. The predicted molar refractivity (Wildman–Crippen MR) is 79.1 cm³/mol. The molecular weight excluding hydrogens is 234 g/mol. The highest BCUT2D eigenvalue weighted by Crippen LogP contribution is 2.04. The Morgan fingerprint density at radius 1 is 1.26 bits per heavy atom. The highest BCUT2D eigenvalue weighted by atomic mass is 15.0. The molecule has 1 atom stereocenters. The Balaban J connectivity index is 1.56. The molecule has 3 nitrogen and oxygen atoms in total. The third kappa shape index (κ3) is 5.26. The van der Waals surface area contributed by atoms with Crippen molar-refractivity contribution in [1.29, 1.82) is 0 Å². The average Bonchev–Trinajstić information content (AvgIpc) is 2.96. The first-order chi connectivity index (χ1) is 9.34. The van der Waals surface area contributed by atoms with Crippen molar-refractivity contribution in [2.75, 3.05) is 6.54 Å². The van der Waals surface area contributed by atoms with E-state index in [4.69, 9.17) is 0 Å². The van der Waals surface area contributed by atoms with Crippen LogP contribution >= 0.6 is 0 Å².